The molecule has 1 saturated heterocycles. The van der Waals surface area contributed by atoms with E-state index in [9.17, 15) is 18.8 Å². The summed E-state index contributed by atoms with van der Waals surface area (Å²) in [5.41, 5.74) is 1.05. The molecule has 0 aromatic heterocycles. The third-order valence-electron chi connectivity index (χ3n) is 4.46. The van der Waals surface area contributed by atoms with Crippen molar-refractivity contribution < 1.29 is 18.8 Å². The molecule has 0 bridgehead atoms. The molecule has 0 saturated carbocycles. The zero-order chi connectivity index (χ0) is 20.3. The van der Waals surface area contributed by atoms with E-state index in [0.29, 0.717) is 5.69 Å². The number of nitrogens with zero attached hydrogens (tertiary/aromatic N) is 2. The van der Waals surface area contributed by atoms with Crippen molar-refractivity contribution in [3.05, 3.63) is 58.8 Å². The highest BCUT2D eigenvalue weighted by atomic mass is 79.9. The minimum atomic E-state index is -0.515. The molecule has 0 spiro atoms. The Labute approximate surface area is 170 Å². The molecule has 1 N–H and O–H groups in total. The predicted molar refractivity (Wildman–Crippen MR) is 107 cm³/mol. The van der Waals surface area contributed by atoms with Gasteiger partial charge in [-0.15, -0.1) is 0 Å². The number of nitrogens with one attached hydrogen (secondary N) is 1. The van der Waals surface area contributed by atoms with Crippen molar-refractivity contribution in [1.82, 2.24) is 4.90 Å². The average molecular weight is 448 g/mol. The molecule has 146 valence electrons. The van der Waals surface area contributed by atoms with Crippen LogP contribution < -0.4 is 10.2 Å². The molecule has 1 fully saturated rings. The van der Waals surface area contributed by atoms with E-state index in [2.05, 4.69) is 21.2 Å². The van der Waals surface area contributed by atoms with E-state index in [1.165, 1.54) is 30.1 Å². The van der Waals surface area contributed by atoms with Crippen LogP contribution in [0.25, 0.3) is 0 Å². The number of rotatable bonds is 5. The Morgan fingerprint density at radius 1 is 1.25 bits per heavy atom. The van der Waals surface area contributed by atoms with Crippen LogP contribution in [-0.2, 0) is 14.4 Å². The lowest BCUT2D eigenvalue weighted by molar-refractivity contribution is -0.137. The van der Waals surface area contributed by atoms with Crippen LogP contribution >= 0.6 is 15.9 Å². The zero-order valence-corrected chi connectivity index (χ0v) is 16.8. The lowest BCUT2D eigenvalue weighted by Gasteiger charge is -2.21. The van der Waals surface area contributed by atoms with Gasteiger partial charge in [-0.3, -0.25) is 14.4 Å². The van der Waals surface area contributed by atoms with Crippen molar-refractivity contribution in [2.24, 2.45) is 5.92 Å². The number of hydrogen-bond donors (Lipinski definition) is 1. The summed E-state index contributed by atoms with van der Waals surface area (Å²) in [7, 11) is 1.51. The van der Waals surface area contributed by atoms with Crippen molar-refractivity contribution >= 4 is 45.0 Å². The van der Waals surface area contributed by atoms with Crippen molar-refractivity contribution in [3.63, 3.8) is 0 Å². The topological polar surface area (TPSA) is 69.7 Å². The fraction of sp³-hybridized carbons (Fsp3) is 0.250. The van der Waals surface area contributed by atoms with Crippen LogP contribution in [0.4, 0.5) is 15.8 Å². The number of carbonyl (C=O) groups excluding carboxylic acids is 3. The van der Waals surface area contributed by atoms with Gasteiger partial charge in [-0.05, 0) is 36.4 Å². The van der Waals surface area contributed by atoms with Gasteiger partial charge >= 0.3 is 0 Å². The molecule has 2 aromatic carbocycles. The molecule has 1 aliphatic heterocycles. The number of halogens is 2. The summed E-state index contributed by atoms with van der Waals surface area (Å²) >= 11 is 3.37. The molecule has 2 aromatic rings. The molecule has 0 radical (unpaired) electrons. The Morgan fingerprint density at radius 2 is 2.00 bits per heavy atom. The van der Waals surface area contributed by atoms with E-state index in [1.807, 2.05) is 24.3 Å². The molecular formula is C20H19BrFN3O3. The largest absolute Gasteiger partial charge is 0.336 e. The summed E-state index contributed by atoms with van der Waals surface area (Å²) in [6.45, 7) is 0.0842. The Morgan fingerprint density at radius 3 is 2.71 bits per heavy atom. The van der Waals surface area contributed by atoms with Gasteiger partial charge in [0.15, 0.2) is 0 Å². The molecule has 6 nitrogen and oxygen atoms in total. The molecule has 0 aliphatic carbocycles. The van der Waals surface area contributed by atoms with E-state index in [1.54, 1.807) is 11.0 Å². The van der Waals surface area contributed by atoms with E-state index >= 15 is 0 Å². The standard InChI is InChI=1S/C20H19BrFN3O3/c1-24(12-18(26)23-16-6-3-5-15(22)10-16)20(28)13-8-19(27)25(11-13)17-7-2-4-14(21)9-17/h2-7,9-10,13H,8,11-12H2,1H3,(H,23,26). The normalized spacial score (nSPS) is 16.2. The Bertz CT molecular complexity index is 921. The average Bonchev–Trinajstić information content (AvgIpc) is 3.02. The van der Waals surface area contributed by atoms with Gasteiger partial charge in [0.1, 0.15) is 5.82 Å². The van der Waals surface area contributed by atoms with Gasteiger partial charge < -0.3 is 15.1 Å². The molecule has 1 atom stereocenters. The van der Waals surface area contributed by atoms with Crippen LogP contribution in [0.1, 0.15) is 6.42 Å². The maximum atomic E-state index is 13.2. The fourth-order valence-electron chi connectivity index (χ4n) is 3.14. The van der Waals surface area contributed by atoms with Crippen molar-refractivity contribution in [2.75, 3.05) is 30.4 Å². The molecule has 3 rings (SSSR count). The highest BCUT2D eigenvalue weighted by molar-refractivity contribution is 9.10. The Balaban J connectivity index is 1.59. The fourth-order valence-corrected chi connectivity index (χ4v) is 3.53. The second-order valence-electron chi connectivity index (χ2n) is 6.64. The summed E-state index contributed by atoms with van der Waals surface area (Å²) in [5.74, 6) is -1.82. The smallest absolute Gasteiger partial charge is 0.243 e. The monoisotopic (exact) mass is 447 g/mol. The molecule has 8 heteroatoms. The first-order valence-electron chi connectivity index (χ1n) is 8.70. The summed E-state index contributed by atoms with van der Waals surface area (Å²) in [6, 6.07) is 12.8. The lowest BCUT2D eigenvalue weighted by Crippen LogP contribution is -2.39. The van der Waals surface area contributed by atoms with Gasteiger partial charge in [0.05, 0.1) is 12.5 Å². The van der Waals surface area contributed by atoms with Crippen molar-refractivity contribution in [3.8, 4) is 0 Å². The second kappa shape index (κ2) is 8.52. The van der Waals surface area contributed by atoms with Crippen molar-refractivity contribution in [2.45, 2.75) is 6.42 Å². The van der Waals surface area contributed by atoms with Gasteiger partial charge in [0.2, 0.25) is 17.7 Å². The quantitative estimate of drug-likeness (QED) is 0.765. The SMILES string of the molecule is CN(CC(=O)Nc1cccc(F)c1)C(=O)C1CC(=O)N(c2cccc(Br)c2)C1. The molecule has 28 heavy (non-hydrogen) atoms. The number of anilines is 2. The first-order chi connectivity index (χ1) is 13.3. The van der Waals surface area contributed by atoms with E-state index < -0.39 is 17.6 Å². The van der Waals surface area contributed by atoms with Crippen LogP contribution in [-0.4, -0.2) is 42.8 Å². The minimum Gasteiger partial charge on any atom is -0.336 e. The van der Waals surface area contributed by atoms with Crippen LogP contribution in [0.3, 0.4) is 0 Å². The second-order valence-corrected chi connectivity index (χ2v) is 7.55. The van der Waals surface area contributed by atoms with Gasteiger partial charge in [-0.1, -0.05) is 28.1 Å². The van der Waals surface area contributed by atoms with E-state index in [4.69, 9.17) is 0 Å². The van der Waals surface area contributed by atoms with Crippen LogP contribution in [0.15, 0.2) is 53.0 Å². The van der Waals surface area contributed by atoms with Gasteiger partial charge in [-0.25, -0.2) is 4.39 Å². The highest BCUT2D eigenvalue weighted by Gasteiger charge is 2.36. The van der Waals surface area contributed by atoms with E-state index in [0.717, 1.165) is 10.2 Å². The van der Waals surface area contributed by atoms with Crippen LogP contribution in [0, 0.1) is 11.7 Å². The Kier molecular flexibility index (Phi) is 6.08. The number of benzene rings is 2. The Hall–Kier alpha value is -2.74. The highest BCUT2D eigenvalue weighted by Crippen LogP contribution is 2.28. The molecule has 1 heterocycles. The van der Waals surface area contributed by atoms with Gasteiger partial charge in [0.25, 0.3) is 0 Å². The van der Waals surface area contributed by atoms with Crippen LogP contribution in [0.5, 0.6) is 0 Å². The molecule has 1 unspecified atom stereocenters. The molecule has 1 aliphatic rings. The molecule has 3 amide bonds. The first-order valence-corrected chi connectivity index (χ1v) is 9.49. The number of likely N-dealkylation sites (N-methyl/N-ethyl adjacent to an activating group) is 1. The van der Waals surface area contributed by atoms with Gasteiger partial charge in [-0.2, -0.15) is 0 Å². The predicted octanol–water partition coefficient (Wildman–Crippen LogP) is 3.04. The minimum absolute atomic E-state index is 0.0984. The number of amides is 3. The lowest BCUT2D eigenvalue weighted by atomic mass is 10.1. The number of hydrogen-bond acceptors (Lipinski definition) is 3. The summed E-state index contributed by atoms with van der Waals surface area (Å²) in [4.78, 5) is 40.0. The third-order valence-corrected chi connectivity index (χ3v) is 4.95. The maximum Gasteiger partial charge on any atom is 0.243 e. The zero-order valence-electron chi connectivity index (χ0n) is 15.2. The first kappa shape index (κ1) is 20.0. The molecular weight excluding hydrogens is 429 g/mol. The van der Waals surface area contributed by atoms with Gasteiger partial charge in [0, 0.05) is 35.9 Å². The third kappa shape index (κ3) is 4.75. The van der Waals surface area contributed by atoms with Crippen molar-refractivity contribution in [1.29, 1.82) is 0 Å². The summed E-state index contributed by atoms with van der Waals surface area (Å²) < 4.78 is 14.0. The summed E-state index contributed by atoms with van der Waals surface area (Å²) in [6.07, 6.45) is 0.0984. The maximum absolute atomic E-state index is 13.2. The number of carbonyl (C=O) groups is 3. The van der Waals surface area contributed by atoms with E-state index in [-0.39, 0.29) is 31.3 Å². The summed E-state index contributed by atoms with van der Waals surface area (Å²) in [5, 5.41) is 2.55. The van der Waals surface area contributed by atoms with Crippen LogP contribution in [0.2, 0.25) is 0 Å².